The van der Waals surface area contributed by atoms with Crippen LogP contribution >= 0.6 is 0 Å². The predicted molar refractivity (Wildman–Crippen MR) is 81.9 cm³/mol. The van der Waals surface area contributed by atoms with Gasteiger partial charge in [-0.1, -0.05) is 30.3 Å². The summed E-state index contributed by atoms with van der Waals surface area (Å²) >= 11 is 0. The molecule has 0 aliphatic heterocycles. The molecule has 2 heterocycles. The number of esters is 1. The standard InChI is InChI=1S/C17H13N3O3/c21-17(22-11-13-4-2-1-3-5-13)16-8-14(6-7-20-16)23-15-9-18-12-19-10-15/h1-10,12H,11H2. The first-order chi connectivity index (χ1) is 11.3. The first-order valence-electron chi connectivity index (χ1n) is 6.91. The molecule has 114 valence electrons. The SMILES string of the molecule is O=C(OCc1ccccc1)c1cc(Oc2cncnc2)ccn1. The maximum absolute atomic E-state index is 12.1. The van der Waals surface area contributed by atoms with Crippen LogP contribution in [-0.2, 0) is 11.3 Å². The number of nitrogens with zero attached hydrogens (tertiary/aromatic N) is 3. The number of aromatic nitrogens is 3. The van der Waals surface area contributed by atoms with E-state index in [1.54, 1.807) is 6.07 Å². The Kier molecular flexibility index (Phi) is 4.54. The van der Waals surface area contributed by atoms with Crippen LogP contribution < -0.4 is 4.74 Å². The van der Waals surface area contributed by atoms with Crippen molar-refractivity contribution >= 4 is 5.97 Å². The van der Waals surface area contributed by atoms with Gasteiger partial charge in [-0.15, -0.1) is 0 Å². The summed E-state index contributed by atoms with van der Waals surface area (Å²) in [7, 11) is 0. The lowest BCUT2D eigenvalue weighted by molar-refractivity contribution is 0.0465. The van der Waals surface area contributed by atoms with Crippen LogP contribution in [0.2, 0.25) is 0 Å². The zero-order valence-corrected chi connectivity index (χ0v) is 12.1. The number of pyridine rings is 1. The summed E-state index contributed by atoms with van der Waals surface area (Å²) in [5.74, 6) is 0.423. The van der Waals surface area contributed by atoms with E-state index in [4.69, 9.17) is 9.47 Å². The van der Waals surface area contributed by atoms with Crippen LogP contribution in [0.1, 0.15) is 16.1 Å². The molecule has 0 saturated carbocycles. The van der Waals surface area contributed by atoms with Gasteiger partial charge >= 0.3 is 5.97 Å². The van der Waals surface area contributed by atoms with Crippen molar-refractivity contribution in [2.24, 2.45) is 0 Å². The van der Waals surface area contributed by atoms with Gasteiger partial charge in [0.15, 0.2) is 11.4 Å². The zero-order valence-electron chi connectivity index (χ0n) is 12.1. The van der Waals surface area contributed by atoms with Gasteiger partial charge in [-0.3, -0.25) is 0 Å². The smallest absolute Gasteiger partial charge is 0.357 e. The van der Waals surface area contributed by atoms with Gasteiger partial charge in [0.1, 0.15) is 18.7 Å². The van der Waals surface area contributed by atoms with E-state index in [1.807, 2.05) is 30.3 Å². The van der Waals surface area contributed by atoms with Gasteiger partial charge in [0.05, 0.1) is 12.4 Å². The molecule has 3 aromatic rings. The highest BCUT2D eigenvalue weighted by Crippen LogP contribution is 2.19. The Bertz CT molecular complexity index is 779. The molecule has 6 heteroatoms. The van der Waals surface area contributed by atoms with E-state index >= 15 is 0 Å². The molecule has 0 spiro atoms. The van der Waals surface area contributed by atoms with Crippen molar-refractivity contribution in [3.63, 3.8) is 0 Å². The van der Waals surface area contributed by atoms with E-state index in [9.17, 15) is 4.79 Å². The first kappa shape index (κ1) is 14.6. The van der Waals surface area contributed by atoms with Crippen molar-refractivity contribution in [2.75, 3.05) is 0 Å². The average molecular weight is 307 g/mol. The summed E-state index contributed by atoms with van der Waals surface area (Å²) < 4.78 is 10.8. The van der Waals surface area contributed by atoms with E-state index in [2.05, 4.69) is 15.0 Å². The highest BCUT2D eigenvalue weighted by atomic mass is 16.5. The first-order valence-corrected chi connectivity index (χ1v) is 6.91. The fourth-order valence-corrected chi connectivity index (χ4v) is 1.86. The van der Waals surface area contributed by atoms with Crippen LogP contribution in [0.25, 0.3) is 0 Å². The number of hydrogen-bond donors (Lipinski definition) is 0. The Morgan fingerprint density at radius 2 is 1.78 bits per heavy atom. The van der Waals surface area contributed by atoms with Crippen molar-refractivity contribution < 1.29 is 14.3 Å². The lowest BCUT2D eigenvalue weighted by atomic mass is 10.2. The summed E-state index contributed by atoms with van der Waals surface area (Å²) in [4.78, 5) is 23.8. The molecule has 23 heavy (non-hydrogen) atoms. The quantitative estimate of drug-likeness (QED) is 0.675. The van der Waals surface area contributed by atoms with Gasteiger partial charge in [0, 0.05) is 12.3 Å². The third-order valence-electron chi connectivity index (χ3n) is 2.93. The second-order valence-electron chi connectivity index (χ2n) is 4.61. The molecule has 0 unspecified atom stereocenters. The molecular formula is C17H13N3O3. The van der Waals surface area contributed by atoms with Gasteiger partial charge in [-0.25, -0.2) is 19.7 Å². The average Bonchev–Trinajstić information content (AvgIpc) is 2.62. The minimum atomic E-state index is -0.511. The molecule has 0 bridgehead atoms. The molecule has 1 aromatic carbocycles. The molecule has 0 fully saturated rings. The van der Waals surface area contributed by atoms with E-state index in [0.29, 0.717) is 11.5 Å². The molecule has 0 saturated heterocycles. The Morgan fingerprint density at radius 1 is 1.00 bits per heavy atom. The molecule has 6 nitrogen and oxygen atoms in total. The topological polar surface area (TPSA) is 74.2 Å². The van der Waals surface area contributed by atoms with Crippen LogP contribution in [-0.4, -0.2) is 20.9 Å². The van der Waals surface area contributed by atoms with Crippen LogP contribution in [0.5, 0.6) is 11.5 Å². The Hall–Kier alpha value is -3.28. The third-order valence-corrected chi connectivity index (χ3v) is 2.93. The number of carbonyl (C=O) groups is 1. The monoisotopic (exact) mass is 307 g/mol. The third kappa shape index (κ3) is 4.10. The summed E-state index contributed by atoms with van der Waals surface area (Å²) in [6, 6.07) is 12.6. The fraction of sp³-hybridized carbons (Fsp3) is 0.0588. The highest BCUT2D eigenvalue weighted by Gasteiger charge is 2.11. The number of carbonyl (C=O) groups excluding carboxylic acids is 1. The number of hydrogen-bond acceptors (Lipinski definition) is 6. The van der Waals surface area contributed by atoms with Gasteiger partial charge in [0.25, 0.3) is 0 Å². The molecule has 0 aliphatic carbocycles. The molecule has 3 rings (SSSR count). The summed E-state index contributed by atoms with van der Waals surface area (Å²) in [6.07, 6.45) is 5.95. The van der Waals surface area contributed by atoms with Gasteiger partial charge in [-0.2, -0.15) is 0 Å². The molecule has 0 N–H and O–H groups in total. The lowest BCUT2D eigenvalue weighted by Gasteiger charge is -2.07. The minimum absolute atomic E-state index is 0.176. The minimum Gasteiger partial charge on any atom is -0.456 e. The summed E-state index contributed by atoms with van der Waals surface area (Å²) in [6.45, 7) is 0.193. The fourth-order valence-electron chi connectivity index (χ4n) is 1.86. The number of benzene rings is 1. The van der Waals surface area contributed by atoms with Crippen molar-refractivity contribution in [3.8, 4) is 11.5 Å². The van der Waals surface area contributed by atoms with Crippen LogP contribution in [0.4, 0.5) is 0 Å². The van der Waals surface area contributed by atoms with E-state index in [1.165, 1.54) is 31.0 Å². The van der Waals surface area contributed by atoms with E-state index in [0.717, 1.165) is 5.56 Å². The van der Waals surface area contributed by atoms with Crippen molar-refractivity contribution in [2.45, 2.75) is 6.61 Å². The maximum Gasteiger partial charge on any atom is 0.357 e. The zero-order chi connectivity index (χ0) is 15.9. The molecule has 0 atom stereocenters. The van der Waals surface area contributed by atoms with Crippen LogP contribution in [0.3, 0.4) is 0 Å². The molecule has 0 radical (unpaired) electrons. The van der Waals surface area contributed by atoms with Gasteiger partial charge < -0.3 is 9.47 Å². The van der Waals surface area contributed by atoms with Crippen molar-refractivity contribution in [1.29, 1.82) is 0 Å². The second-order valence-corrected chi connectivity index (χ2v) is 4.61. The van der Waals surface area contributed by atoms with Crippen LogP contribution in [0.15, 0.2) is 67.4 Å². The lowest BCUT2D eigenvalue weighted by Crippen LogP contribution is -2.07. The van der Waals surface area contributed by atoms with E-state index < -0.39 is 5.97 Å². The molecular weight excluding hydrogens is 294 g/mol. The Labute approximate surface area is 132 Å². The normalized spacial score (nSPS) is 10.1. The van der Waals surface area contributed by atoms with Crippen LogP contribution in [0, 0.1) is 0 Å². The number of rotatable bonds is 5. The van der Waals surface area contributed by atoms with E-state index in [-0.39, 0.29) is 12.3 Å². The van der Waals surface area contributed by atoms with Gasteiger partial charge in [0.2, 0.25) is 0 Å². The largest absolute Gasteiger partial charge is 0.456 e. The molecule has 0 aliphatic rings. The second kappa shape index (κ2) is 7.13. The predicted octanol–water partition coefficient (Wildman–Crippen LogP) is 3.02. The number of ether oxygens (including phenoxy) is 2. The molecule has 2 aromatic heterocycles. The Balaban J connectivity index is 1.65. The Morgan fingerprint density at radius 3 is 2.57 bits per heavy atom. The maximum atomic E-state index is 12.1. The highest BCUT2D eigenvalue weighted by molar-refractivity contribution is 5.87. The molecule has 0 amide bonds. The van der Waals surface area contributed by atoms with Crippen molar-refractivity contribution in [3.05, 3.63) is 78.6 Å². The van der Waals surface area contributed by atoms with Crippen molar-refractivity contribution in [1.82, 2.24) is 15.0 Å². The van der Waals surface area contributed by atoms with Gasteiger partial charge in [-0.05, 0) is 11.6 Å². The summed E-state index contributed by atoms with van der Waals surface area (Å²) in [5, 5.41) is 0. The summed E-state index contributed by atoms with van der Waals surface area (Å²) in [5.41, 5.74) is 1.09.